The van der Waals surface area contributed by atoms with Gasteiger partial charge in [0.05, 0.1) is 5.69 Å². The van der Waals surface area contributed by atoms with Gasteiger partial charge in [-0.15, -0.1) is 0 Å². The van der Waals surface area contributed by atoms with Crippen LogP contribution in [0.4, 0.5) is 5.82 Å². The van der Waals surface area contributed by atoms with Gasteiger partial charge >= 0.3 is 0 Å². The van der Waals surface area contributed by atoms with Crippen molar-refractivity contribution >= 4 is 29.0 Å². The van der Waals surface area contributed by atoms with Crippen molar-refractivity contribution in [2.45, 2.75) is 0 Å². The van der Waals surface area contributed by atoms with Crippen LogP contribution in [-0.4, -0.2) is 4.98 Å². The van der Waals surface area contributed by atoms with Crippen LogP contribution < -0.4 is 5.73 Å². The van der Waals surface area contributed by atoms with E-state index in [9.17, 15) is 5.26 Å². The number of nitrogens with two attached hydrogens (primary N) is 1. The monoisotopic (exact) mass is 415 g/mol. The summed E-state index contributed by atoms with van der Waals surface area (Å²) in [6, 6.07) is 27.3. The predicted octanol–water partition coefficient (Wildman–Crippen LogP) is 6.84. The second-order valence-corrected chi connectivity index (χ2v) is 7.34. The Balaban J connectivity index is 1.81. The van der Waals surface area contributed by atoms with E-state index in [1.807, 2.05) is 48.5 Å². The highest BCUT2D eigenvalue weighted by atomic mass is 35.5. The molecule has 0 atom stereocenters. The summed E-state index contributed by atoms with van der Waals surface area (Å²) in [5.41, 5.74) is 11.5. The highest BCUT2D eigenvalue weighted by Gasteiger charge is 2.16. The van der Waals surface area contributed by atoms with Crippen LogP contribution in [0, 0.1) is 11.3 Å². The van der Waals surface area contributed by atoms with Crippen LogP contribution in [0.3, 0.4) is 0 Å². The minimum atomic E-state index is 0.165. The molecule has 1 aromatic heterocycles. The number of hydrogen-bond donors (Lipinski definition) is 1. The number of nitrogen functional groups attached to an aromatic ring is 1. The van der Waals surface area contributed by atoms with E-state index in [1.165, 1.54) is 0 Å². The Morgan fingerprint density at radius 2 is 1.41 bits per heavy atom. The van der Waals surface area contributed by atoms with E-state index < -0.39 is 0 Å². The van der Waals surface area contributed by atoms with Crippen LogP contribution in [0.15, 0.2) is 78.9 Å². The summed E-state index contributed by atoms with van der Waals surface area (Å²) in [6.45, 7) is 0. The highest BCUT2D eigenvalue weighted by molar-refractivity contribution is 6.36. The molecule has 5 heteroatoms. The quantitative estimate of drug-likeness (QED) is 0.398. The lowest BCUT2D eigenvalue weighted by Gasteiger charge is -2.12. The fourth-order valence-electron chi connectivity index (χ4n) is 3.21. The lowest BCUT2D eigenvalue weighted by Crippen LogP contribution is -2.00. The Morgan fingerprint density at radius 1 is 0.759 bits per heavy atom. The first-order valence-corrected chi connectivity index (χ1v) is 9.64. The number of nitrogens with zero attached hydrogens (tertiary/aromatic N) is 2. The van der Waals surface area contributed by atoms with Gasteiger partial charge in [-0.3, -0.25) is 0 Å². The molecule has 2 N–H and O–H groups in total. The molecule has 140 valence electrons. The predicted molar refractivity (Wildman–Crippen MR) is 120 cm³/mol. The summed E-state index contributed by atoms with van der Waals surface area (Å²) in [7, 11) is 0. The van der Waals surface area contributed by atoms with Crippen LogP contribution in [0.1, 0.15) is 5.56 Å². The Bertz CT molecular complexity index is 1230. The molecule has 4 aromatic rings. The Kier molecular flexibility index (Phi) is 5.22. The average molecular weight is 416 g/mol. The molecule has 29 heavy (non-hydrogen) atoms. The number of halogens is 2. The Morgan fingerprint density at radius 3 is 2.07 bits per heavy atom. The Labute approximate surface area is 179 Å². The minimum absolute atomic E-state index is 0.165. The fraction of sp³-hybridized carbons (Fsp3) is 0. The van der Waals surface area contributed by atoms with Crippen molar-refractivity contribution in [3.63, 3.8) is 0 Å². The molecule has 0 saturated heterocycles. The van der Waals surface area contributed by atoms with Crippen LogP contribution in [0.2, 0.25) is 10.0 Å². The van der Waals surface area contributed by atoms with Crippen molar-refractivity contribution in [1.82, 2.24) is 4.98 Å². The number of benzene rings is 3. The van der Waals surface area contributed by atoms with E-state index in [-0.39, 0.29) is 5.82 Å². The van der Waals surface area contributed by atoms with Crippen LogP contribution >= 0.6 is 23.2 Å². The van der Waals surface area contributed by atoms with Crippen molar-refractivity contribution in [2.75, 3.05) is 5.73 Å². The third kappa shape index (κ3) is 3.82. The summed E-state index contributed by atoms with van der Waals surface area (Å²) >= 11 is 12.4. The molecule has 3 nitrogen and oxygen atoms in total. The summed E-state index contributed by atoms with van der Waals surface area (Å²) in [5.74, 6) is 0.165. The third-order valence-electron chi connectivity index (χ3n) is 4.67. The van der Waals surface area contributed by atoms with Gasteiger partial charge in [-0.25, -0.2) is 4.98 Å². The smallest absolute Gasteiger partial charge is 0.142 e. The zero-order valence-corrected chi connectivity index (χ0v) is 16.7. The van der Waals surface area contributed by atoms with Crippen LogP contribution in [0.25, 0.3) is 33.5 Å². The van der Waals surface area contributed by atoms with Gasteiger partial charge < -0.3 is 5.73 Å². The maximum atomic E-state index is 9.59. The molecule has 0 fully saturated rings. The van der Waals surface area contributed by atoms with Gasteiger partial charge in [0.1, 0.15) is 17.5 Å². The molecule has 0 aliphatic rings. The summed E-state index contributed by atoms with van der Waals surface area (Å²) < 4.78 is 0. The average Bonchev–Trinajstić information content (AvgIpc) is 2.74. The van der Waals surface area contributed by atoms with E-state index >= 15 is 0 Å². The number of rotatable bonds is 3. The molecule has 0 aliphatic heterocycles. The second kappa shape index (κ2) is 7.97. The van der Waals surface area contributed by atoms with Gasteiger partial charge in [-0.1, -0.05) is 83.9 Å². The van der Waals surface area contributed by atoms with Gasteiger partial charge in [0, 0.05) is 26.7 Å². The summed E-state index contributed by atoms with van der Waals surface area (Å²) in [6.07, 6.45) is 0. The molecule has 1 heterocycles. The lowest BCUT2D eigenvalue weighted by atomic mass is 9.97. The van der Waals surface area contributed by atoms with E-state index in [1.54, 1.807) is 18.2 Å². The summed E-state index contributed by atoms with van der Waals surface area (Å²) in [5, 5.41) is 10.6. The second-order valence-electron chi connectivity index (χ2n) is 6.49. The van der Waals surface area contributed by atoms with E-state index in [2.05, 4.69) is 23.2 Å². The topological polar surface area (TPSA) is 62.7 Å². The van der Waals surface area contributed by atoms with Gasteiger partial charge in [0.15, 0.2) is 0 Å². The molecule has 0 aliphatic carbocycles. The highest BCUT2D eigenvalue weighted by Crippen LogP contribution is 2.36. The molecule has 0 spiro atoms. The number of nitriles is 1. The first kappa shape index (κ1) is 19.0. The number of pyridine rings is 1. The van der Waals surface area contributed by atoms with Crippen LogP contribution in [-0.2, 0) is 0 Å². The third-order valence-corrected chi connectivity index (χ3v) is 5.22. The van der Waals surface area contributed by atoms with Gasteiger partial charge in [-0.05, 0) is 29.3 Å². The molecular weight excluding hydrogens is 401 g/mol. The van der Waals surface area contributed by atoms with Gasteiger partial charge in [0.25, 0.3) is 0 Å². The zero-order valence-electron chi connectivity index (χ0n) is 15.2. The number of anilines is 1. The first-order valence-electron chi connectivity index (χ1n) is 8.88. The van der Waals surface area contributed by atoms with Crippen molar-refractivity contribution in [3.8, 4) is 39.6 Å². The van der Waals surface area contributed by atoms with E-state index in [0.29, 0.717) is 32.4 Å². The molecule has 4 rings (SSSR count). The maximum Gasteiger partial charge on any atom is 0.142 e. The van der Waals surface area contributed by atoms with Gasteiger partial charge in [-0.2, -0.15) is 5.26 Å². The summed E-state index contributed by atoms with van der Waals surface area (Å²) in [4.78, 5) is 4.44. The largest absolute Gasteiger partial charge is 0.383 e. The van der Waals surface area contributed by atoms with Crippen molar-refractivity contribution in [2.24, 2.45) is 0 Å². The molecule has 0 radical (unpaired) electrons. The molecule has 0 amide bonds. The van der Waals surface area contributed by atoms with Crippen molar-refractivity contribution in [3.05, 3.63) is 94.5 Å². The normalized spacial score (nSPS) is 10.5. The minimum Gasteiger partial charge on any atom is -0.383 e. The van der Waals surface area contributed by atoms with Crippen LogP contribution in [0.5, 0.6) is 0 Å². The van der Waals surface area contributed by atoms with Crippen molar-refractivity contribution < 1.29 is 0 Å². The number of hydrogen-bond acceptors (Lipinski definition) is 3. The SMILES string of the molecule is N#Cc1c(-c2ccc(Cl)cc2Cl)cc(-c2ccc(-c3ccccc3)cc2)nc1N. The molecule has 0 bridgehead atoms. The standard InChI is InChI=1S/C24H15Cl2N3/c25-18-10-11-19(22(26)12-18)20-13-23(29-24(28)21(20)14-27)17-8-6-16(7-9-17)15-4-2-1-3-5-15/h1-13H,(H2,28,29). The number of aromatic nitrogens is 1. The van der Waals surface area contributed by atoms with Crippen molar-refractivity contribution in [1.29, 1.82) is 5.26 Å². The first-order chi connectivity index (χ1) is 14.1. The maximum absolute atomic E-state index is 9.59. The lowest BCUT2D eigenvalue weighted by molar-refractivity contribution is 1.31. The zero-order chi connectivity index (χ0) is 20.4. The molecule has 3 aromatic carbocycles. The van der Waals surface area contributed by atoms with E-state index in [0.717, 1.165) is 16.7 Å². The van der Waals surface area contributed by atoms with Gasteiger partial charge in [0.2, 0.25) is 0 Å². The molecule has 0 saturated carbocycles. The molecule has 0 unspecified atom stereocenters. The Hall–Kier alpha value is -3.32. The fourth-order valence-corrected chi connectivity index (χ4v) is 3.72. The van der Waals surface area contributed by atoms with E-state index in [4.69, 9.17) is 28.9 Å². The molecular formula is C24H15Cl2N3.